The number of halogens is 3. The SMILES string of the molecule is Cc1cc(O)c(C2NNC3C(=O)N(CCO)C(c4ccc(Cl)c(Cl)c4)C32)cc1Cl. The highest BCUT2D eigenvalue weighted by atomic mass is 35.5. The largest absolute Gasteiger partial charge is 0.508 e. The van der Waals surface area contributed by atoms with Crippen molar-refractivity contribution in [1.82, 2.24) is 15.8 Å². The second-order valence-corrected chi connectivity index (χ2v) is 8.58. The maximum atomic E-state index is 13.1. The number of fused-ring (bicyclic) bond motifs is 1. The molecule has 154 valence electrons. The summed E-state index contributed by atoms with van der Waals surface area (Å²) >= 11 is 18.6. The molecule has 2 fully saturated rings. The third-order valence-electron chi connectivity index (χ3n) is 5.68. The Morgan fingerprint density at radius 2 is 1.76 bits per heavy atom. The lowest BCUT2D eigenvalue weighted by Gasteiger charge is -2.31. The first-order chi connectivity index (χ1) is 13.8. The number of carbonyl (C=O) groups excluding carboxylic acids is 1. The van der Waals surface area contributed by atoms with Gasteiger partial charge >= 0.3 is 0 Å². The number of likely N-dealkylation sites (tertiary alicyclic amines) is 1. The van der Waals surface area contributed by atoms with Crippen molar-refractivity contribution in [2.24, 2.45) is 5.92 Å². The van der Waals surface area contributed by atoms with Gasteiger partial charge in [-0.1, -0.05) is 40.9 Å². The number of rotatable bonds is 4. The third kappa shape index (κ3) is 3.48. The summed E-state index contributed by atoms with van der Waals surface area (Å²) in [5.41, 5.74) is 8.37. The summed E-state index contributed by atoms with van der Waals surface area (Å²) in [5.74, 6) is -0.295. The fourth-order valence-electron chi connectivity index (χ4n) is 4.35. The first-order valence-corrected chi connectivity index (χ1v) is 10.3. The molecule has 29 heavy (non-hydrogen) atoms. The third-order valence-corrected chi connectivity index (χ3v) is 6.83. The molecule has 2 aromatic carbocycles. The van der Waals surface area contributed by atoms with Gasteiger partial charge in [0.2, 0.25) is 5.91 Å². The number of hydrogen-bond donors (Lipinski definition) is 4. The molecule has 0 saturated carbocycles. The van der Waals surface area contributed by atoms with Crippen molar-refractivity contribution in [3.8, 4) is 5.75 Å². The van der Waals surface area contributed by atoms with Crippen LogP contribution in [0.1, 0.15) is 28.8 Å². The minimum absolute atomic E-state index is 0.104. The number of aromatic hydroxyl groups is 1. The smallest absolute Gasteiger partial charge is 0.242 e. The summed E-state index contributed by atoms with van der Waals surface area (Å²) in [4.78, 5) is 14.7. The Labute approximate surface area is 183 Å². The number of aryl methyl sites for hydroxylation is 1. The predicted molar refractivity (Wildman–Crippen MR) is 112 cm³/mol. The van der Waals surface area contributed by atoms with Crippen LogP contribution < -0.4 is 10.9 Å². The maximum absolute atomic E-state index is 13.1. The van der Waals surface area contributed by atoms with Crippen molar-refractivity contribution in [3.63, 3.8) is 0 Å². The zero-order chi connectivity index (χ0) is 20.9. The molecule has 4 unspecified atom stereocenters. The van der Waals surface area contributed by atoms with E-state index in [9.17, 15) is 15.0 Å². The van der Waals surface area contributed by atoms with Crippen molar-refractivity contribution in [2.75, 3.05) is 13.2 Å². The monoisotopic (exact) mass is 455 g/mol. The zero-order valence-corrected chi connectivity index (χ0v) is 17.8. The number of carbonyl (C=O) groups is 1. The summed E-state index contributed by atoms with van der Waals surface area (Å²) in [6.07, 6.45) is 0. The van der Waals surface area contributed by atoms with Crippen molar-refractivity contribution >= 4 is 40.7 Å². The molecule has 1 amide bonds. The number of hydrogen-bond acceptors (Lipinski definition) is 5. The molecule has 4 rings (SSSR count). The molecular weight excluding hydrogens is 437 g/mol. The van der Waals surface area contributed by atoms with Crippen LogP contribution in [0.3, 0.4) is 0 Å². The molecule has 9 heteroatoms. The molecular formula is C20H20Cl3N3O3. The molecule has 4 atom stereocenters. The molecule has 2 saturated heterocycles. The van der Waals surface area contributed by atoms with Gasteiger partial charge in [-0.15, -0.1) is 0 Å². The standard InChI is InChI=1S/C20H20Cl3N3O3/c1-9-6-15(28)11(8-13(9)22)17-16-18(25-24-17)20(29)26(4-5-27)19(16)10-2-3-12(21)14(23)7-10/h2-3,6-8,16-19,24-25,27-28H,4-5H2,1H3. The molecule has 0 spiro atoms. The second kappa shape index (κ2) is 7.95. The highest BCUT2D eigenvalue weighted by molar-refractivity contribution is 6.42. The molecule has 4 N–H and O–H groups in total. The van der Waals surface area contributed by atoms with Crippen LogP contribution >= 0.6 is 34.8 Å². The van der Waals surface area contributed by atoms with Gasteiger partial charge < -0.3 is 15.1 Å². The number of aliphatic hydroxyl groups excluding tert-OH is 1. The Hall–Kier alpha value is -1.54. The number of hydrazine groups is 1. The van der Waals surface area contributed by atoms with E-state index in [-0.39, 0.29) is 42.8 Å². The Kier molecular flexibility index (Phi) is 5.68. The summed E-state index contributed by atoms with van der Waals surface area (Å²) < 4.78 is 0. The van der Waals surface area contributed by atoms with E-state index < -0.39 is 6.04 Å². The molecule has 0 radical (unpaired) electrons. The summed E-state index contributed by atoms with van der Waals surface area (Å²) in [6, 6.07) is 7.32. The van der Waals surface area contributed by atoms with E-state index >= 15 is 0 Å². The molecule has 2 aliphatic rings. The van der Waals surface area contributed by atoms with Gasteiger partial charge in [0.05, 0.1) is 28.7 Å². The van der Waals surface area contributed by atoms with E-state index in [1.54, 1.807) is 29.2 Å². The molecule has 0 bridgehead atoms. The average Bonchev–Trinajstić information content (AvgIpc) is 3.21. The Morgan fingerprint density at radius 1 is 1.03 bits per heavy atom. The molecule has 0 aromatic heterocycles. The molecule has 6 nitrogen and oxygen atoms in total. The Morgan fingerprint density at radius 3 is 2.45 bits per heavy atom. The lowest BCUT2D eigenvalue weighted by molar-refractivity contribution is -0.131. The fourth-order valence-corrected chi connectivity index (χ4v) is 4.83. The van der Waals surface area contributed by atoms with E-state index in [2.05, 4.69) is 10.9 Å². The van der Waals surface area contributed by atoms with Crippen LogP contribution in [0.4, 0.5) is 0 Å². The summed E-state index contributed by atoms with van der Waals surface area (Å²) in [5, 5.41) is 21.4. The van der Waals surface area contributed by atoms with Crippen LogP contribution in [0.2, 0.25) is 15.1 Å². The Balaban J connectivity index is 1.81. The fraction of sp³-hybridized carbons (Fsp3) is 0.350. The van der Waals surface area contributed by atoms with E-state index in [0.29, 0.717) is 20.6 Å². The number of nitrogens with zero attached hydrogens (tertiary/aromatic N) is 1. The lowest BCUT2D eigenvalue weighted by Crippen LogP contribution is -2.42. The topological polar surface area (TPSA) is 84.8 Å². The first-order valence-electron chi connectivity index (χ1n) is 9.20. The number of aliphatic hydroxyl groups is 1. The average molecular weight is 457 g/mol. The van der Waals surface area contributed by atoms with Gasteiger partial charge in [-0.3, -0.25) is 4.79 Å². The number of phenolic OH excluding ortho intramolecular Hbond substituents is 1. The molecule has 2 aromatic rings. The quantitative estimate of drug-likeness (QED) is 0.567. The van der Waals surface area contributed by atoms with Gasteiger partial charge in [0, 0.05) is 23.0 Å². The van der Waals surface area contributed by atoms with Crippen LogP contribution in [0.5, 0.6) is 5.75 Å². The van der Waals surface area contributed by atoms with Crippen LogP contribution in [0.25, 0.3) is 0 Å². The van der Waals surface area contributed by atoms with Crippen molar-refractivity contribution < 1.29 is 15.0 Å². The minimum atomic E-state index is -0.523. The van der Waals surface area contributed by atoms with Gasteiger partial charge in [-0.2, -0.15) is 0 Å². The van der Waals surface area contributed by atoms with Crippen LogP contribution in [0, 0.1) is 12.8 Å². The second-order valence-electron chi connectivity index (χ2n) is 7.36. The lowest BCUT2D eigenvalue weighted by atomic mass is 9.83. The highest BCUT2D eigenvalue weighted by Crippen LogP contribution is 2.49. The van der Waals surface area contributed by atoms with Crippen LogP contribution in [-0.2, 0) is 4.79 Å². The van der Waals surface area contributed by atoms with Gasteiger partial charge in [0.15, 0.2) is 0 Å². The Bertz CT molecular complexity index is 971. The van der Waals surface area contributed by atoms with Crippen LogP contribution in [0.15, 0.2) is 30.3 Å². The van der Waals surface area contributed by atoms with Gasteiger partial charge in [0.1, 0.15) is 11.8 Å². The van der Waals surface area contributed by atoms with E-state index in [1.165, 1.54) is 0 Å². The van der Waals surface area contributed by atoms with E-state index in [1.807, 2.05) is 13.0 Å². The van der Waals surface area contributed by atoms with E-state index in [4.69, 9.17) is 34.8 Å². The number of amides is 1. The molecule has 2 aliphatic heterocycles. The van der Waals surface area contributed by atoms with Gasteiger partial charge in [-0.05, 0) is 42.3 Å². The maximum Gasteiger partial charge on any atom is 0.242 e. The predicted octanol–water partition coefficient (Wildman–Crippen LogP) is 3.37. The molecule has 2 heterocycles. The van der Waals surface area contributed by atoms with Gasteiger partial charge in [0.25, 0.3) is 0 Å². The van der Waals surface area contributed by atoms with Crippen molar-refractivity contribution in [3.05, 3.63) is 62.1 Å². The van der Waals surface area contributed by atoms with E-state index in [0.717, 1.165) is 11.1 Å². The normalized spacial score (nSPS) is 26.2. The van der Waals surface area contributed by atoms with Crippen LogP contribution in [-0.4, -0.2) is 40.2 Å². The van der Waals surface area contributed by atoms with Gasteiger partial charge in [-0.25, -0.2) is 10.9 Å². The number of phenols is 1. The van der Waals surface area contributed by atoms with Crippen molar-refractivity contribution in [1.29, 1.82) is 0 Å². The number of nitrogens with one attached hydrogen (secondary N) is 2. The highest BCUT2D eigenvalue weighted by Gasteiger charge is 2.55. The zero-order valence-electron chi connectivity index (χ0n) is 15.5. The minimum Gasteiger partial charge on any atom is -0.508 e. The van der Waals surface area contributed by atoms with Crippen molar-refractivity contribution in [2.45, 2.75) is 25.0 Å². The summed E-state index contributed by atoms with van der Waals surface area (Å²) in [7, 11) is 0. The number of benzene rings is 2. The number of β-amino-alcohol motifs (C(OH)–C–C–N with tert-alkyl or cyclic N) is 1. The first kappa shape index (κ1) is 20.7. The molecule has 0 aliphatic carbocycles. The summed E-state index contributed by atoms with van der Waals surface area (Å²) in [6.45, 7) is 1.84.